The van der Waals surface area contributed by atoms with Gasteiger partial charge in [0.25, 0.3) is 0 Å². The number of carbonyl (C=O) groups is 1. The molecule has 2 aliphatic rings. The molecule has 0 radical (unpaired) electrons. The molecule has 1 fully saturated rings. The molecule has 0 aliphatic carbocycles. The van der Waals surface area contributed by atoms with E-state index in [1.807, 2.05) is 11.0 Å². The first kappa shape index (κ1) is 17.4. The Balaban J connectivity index is 1.61. The number of aromatic amines is 1. The third kappa shape index (κ3) is 2.88. The Morgan fingerprint density at radius 1 is 1.31 bits per heavy atom. The van der Waals surface area contributed by atoms with Gasteiger partial charge >= 0.3 is 0 Å². The molecule has 0 unspecified atom stereocenters. The summed E-state index contributed by atoms with van der Waals surface area (Å²) >= 11 is 0. The number of likely N-dealkylation sites (tertiary alicyclic amines) is 1. The van der Waals surface area contributed by atoms with Crippen LogP contribution in [0.3, 0.4) is 0 Å². The number of amides is 1. The standard InChI is InChI=1S/C21H29N3O2/c1-14(2)12-19(25)24-10-7-21(8-11-24)20-16(6-9-22-21)17-13-15(26-3)4-5-18(17)23-20/h4-5,13-14,22-23H,6-12H2,1-3H3. The van der Waals surface area contributed by atoms with Gasteiger partial charge in [-0.05, 0) is 48.9 Å². The third-order valence-electron chi connectivity index (χ3n) is 5.98. The number of H-pyrrole nitrogens is 1. The lowest BCUT2D eigenvalue weighted by Gasteiger charge is -2.45. The fourth-order valence-corrected chi connectivity index (χ4v) is 4.58. The van der Waals surface area contributed by atoms with Gasteiger partial charge in [0.2, 0.25) is 5.91 Å². The molecule has 2 aromatic rings. The number of nitrogens with one attached hydrogen (secondary N) is 2. The monoisotopic (exact) mass is 355 g/mol. The van der Waals surface area contributed by atoms with Gasteiger partial charge in [-0.15, -0.1) is 0 Å². The highest BCUT2D eigenvalue weighted by molar-refractivity contribution is 5.87. The zero-order chi connectivity index (χ0) is 18.3. The number of rotatable bonds is 3. The average Bonchev–Trinajstić information content (AvgIpc) is 3.01. The van der Waals surface area contributed by atoms with Crippen LogP contribution in [0.1, 0.15) is 44.4 Å². The van der Waals surface area contributed by atoms with Crippen molar-refractivity contribution in [1.82, 2.24) is 15.2 Å². The van der Waals surface area contributed by atoms with Crippen LogP contribution in [0.15, 0.2) is 18.2 Å². The second-order valence-electron chi connectivity index (χ2n) is 8.13. The molecule has 2 aliphatic heterocycles. The molecule has 0 atom stereocenters. The van der Waals surface area contributed by atoms with Gasteiger partial charge in [0.05, 0.1) is 12.6 Å². The van der Waals surface area contributed by atoms with Crippen molar-refractivity contribution < 1.29 is 9.53 Å². The van der Waals surface area contributed by atoms with Crippen molar-refractivity contribution in [2.24, 2.45) is 5.92 Å². The maximum atomic E-state index is 12.4. The topological polar surface area (TPSA) is 57.4 Å². The van der Waals surface area contributed by atoms with Gasteiger partial charge in [-0.2, -0.15) is 0 Å². The van der Waals surface area contributed by atoms with E-state index in [9.17, 15) is 4.79 Å². The molecule has 2 N–H and O–H groups in total. The minimum absolute atomic E-state index is 0.0333. The summed E-state index contributed by atoms with van der Waals surface area (Å²) in [7, 11) is 1.72. The Bertz CT molecular complexity index is 816. The predicted octanol–water partition coefficient (Wildman–Crippen LogP) is 3.19. The van der Waals surface area contributed by atoms with E-state index < -0.39 is 0 Å². The van der Waals surface area contributed by atoms with Crippen LogP contribution in [0.5, 0.6) is 5.75 Å². The van der Waals surface area contributed by atoms with Crippen molar-refractivity contribution in [2.75, 3.05) is 26.7 Å². The van der Waals surface area contributed by atoms with Crippen LogP contribution in [0.4, 0.5) is 0 Å². The number of carbonyl (C=O) groups excluding carboxylic acids is 1. The summed E-state index contributed by atoms with van der Waals surface area (Å²) in [4.78, 5) is 18.2. The maximum Gasteiger partial charge on any atom is 0.222 e. The molecule has 1 aromatic heterocycles. The lowest BCUT2D eigenvalue weighted by molar-refractivity contribution is -0.133. The SMILES string of the molecule is COc1ccc2[nH]c3c(c2c1)CCNC31CCN(C(=O)CC(C)C)CC1. The Kier molecular flexibility index (Phi) is 4.43. The van der Waals surface area contributed by atoms with E-state index in [2.05, 4.69) is 36.3 Å². The van der Waals surface area contributed by atoms with Crippen LogP contribution >= 0.6 is 0 Å². The van der Waals surface area contributed by atoms with Crippen LogP contribution < -0.4 is 10.1 Å². The maximum absolute atomic E-state index is 12.4. The van der Waals surface area contributed by atoms with Crippen molar-refractivity contribution in [3.05, 3.63) is 29.5 Å². The van der Waals surface area contributed by atoms with E-state index in [4.69, 9.17) is 4.74 Å². The molecule has 0 saturated carbocycles. The molecule has 1 saturated heterocycles. The molecule has 5 heteroatoms. The lowest BCUT2D eigenvalue weighted by atomic mass is 9.79. The van der Waals surface area contributed by atoms with E-state index in [1.54, 1.807) is 7.11 Å². The summed E-state index contributed by atoms with van der Waals surface area (Å²) in [5, 5.41) is 5.06. The van der Waals surface area contributed by atoms with Crippen molar-refractivity contribution in [3.63, 3.8) is 0 Å². The van der Waals surface area contributed by atoms with Gasteiger partial charge in [-0.1, -0.05) is 13.8 Å². The average molecular weight is 355 g/mol. The first-order valence-electron chi connectivity index (χ1n) is 9.74. The highest BCUT2D eigenvalue weighted by atomic mass is 16.5. The fraction of sp³-hybridized carbons (Fsp3) is 0.571. The second-order valence-corrected chi connectivity index (χ2v) is 8.13. The first-order chi connectivity index (χ1) is 12.5. The Morgan fingerprint density at radius 2 is 2.08 bits per heavy atom. The predicted molar refractivity (Wildman–Crippen MR) is 104 cm³/mol. The number of fused-ring (bicyclic) bond motifs is 4. The number of methoxy groups -OCH3 is 1. The zero-order valence-electron chi connectivity index (χ0n) is 16.0. The molecule has 1 spiro atoms. The second kappa shape index (κ2) is 6.62. The van der Waals surface area contributed by atoms with Crippen molar-refractivity contribution in [3.8, 4) is 5.75 Å². The minimum Gasteiger partial charge on any atom is -0.497 e. The van der Waals surface area contributed by atoms with Crippen LogP contribution in [0.25, 0.3) is 10.9 Å². The van der Waals surface area contributed by atoms with E-state index in [0.29, 0.717) is 18.2 Å². The number of aromatic nitrogens is 1. The number of benzene rings is 1. The van der Waals surface area contributed by atoms with Crippen molar-refractivity contribution in [1.29, 1.82) is 0 Å². The summed E-state index contributed by atoms with van der Waals surface area (Å²) in [5.41, 5.74) is 3.88. The number of piperidine rings is 1. The summed E-state index contributed by atoms with van der Waals surface area (Å²) in [5.74, 6) is 1.62. The van der Waals surface area contributed by atoms with Gasteiger partial charge in [-0.25, -0.2) is 0 Å². The number of nitrogens with zero attached hydrogens (tertiary/aromatic N) is 1. The number of hydrogen-bond donors (Lipinski definition) is 2. The molecule has 1 amide bonds. The van der Waals surface area contributed by atoms with Crippen molar-refractivity contribution >= 4 is 16.8 Å². The number of hydrogen-bond acceptors (Lipinski definition) is 3. The van der Waals surface area contributed by atoms with E-state index >= 15 is 0 Å². The normalized spacial score (nSPS) is 19.2. The highest BCUT2D eigenvalue weighted by Gasteiger charge is 2.42. The van der Waals surface area contributed by atoms with E-state index in [0.717, 1.165) is 44.6 Å². The molecule has 26 heavy (non-hydrogen) atoms. The third-order valence-corrected chi connectivity index (χ3v) is 5.98. The first-order valence-corrected chi connectivity index (χ1v) is 9.74. The molecule has 4 rings (SSSR count). The molecular formula is C21H29N3O2. The van der Waals surface area contributed by atoms with Gasteiger partial charge in [0, 0.05) is 42.7 Å². The fourth-order valence-electron chi connectivity index (χ4n) is 4.58. The molecule has 5 nitrogen and oxygen atoms in total. The van der Waals surface area contributed by atoms with Gasteiger partial charge in [-0.3, -0.25) is 4.79 Å². The van der Waals surface area contributed by atoms with Crippen LogP contribution in [0, 0.1) is 5.92 Å². The summed E-state index contributed by atoms with van der Waals surface area (Å²) in [6, 6.07) is 6.27. The molecule has 3 heterocycles. The summed E-state index contributed by atoms with van der Waals surface area (Å²) < 4.78 is 5.42. The van der Waals surface area contributed by atoms with Gasteiger partial charge in [0.1, 0.15) is 5.75 Å². The Hall–Kier alpha value is -2.01. The summed E-state index contributed by atoms with van der Waals surface area (Å²) in [6.45, 7) is 6.86. The summed E-state index contributed by atoms with van der Waals surface area (Å²) in [6.07, 6.45) is 3.61. The molecular weight excluding hydrogens is 326 g/mol. The number of ether oxygens (including phenoxy) is 1. The van der Waals surface area contributed by atoms with Gasteiger partial charge in [0.15, 0.2) is 0 Å². The van der Waals surface area contributed by atoms with Crippen LogP contribution in [0.2, 0.25) is 0 Å². The quantitative estimate of drug-likeness (QED) is 0.889. The van der Waals surface area contributed by atoms with E-state index in [-0.39, 0.29) is 5.54 Å². The Labute approximate surface area is 155 Å². The zero-order valence-corrected chi connectivity index (χ0v) is 16.0. The van der Waals surface area contributed by atoms with Crippen LogP contribution in [-0.4, -0.2) is 42.5 Å². The molecule has 140 valence electrons. The molecule has 0 bridgehead atoms. The Morgan fingerprint density at radius 3 is 2.77 bits per heavy atom. The minimum atomic E-state index is -0.0333. The van der Waals surface area contributed by atoms with Crippen LogP contribution in [-0.2, 0) is 16.8 Å². The smallest absolute Gasteiger partial charge is 0.222 e. The largest absolute Gasteiger partial charge is 0.497 e. The van der Waals surface area contributed by atoms with E-state index in [1.165, 1.54) is 22.2 Å². The van der Waals surface area contributed by atoms with Gasteiger partial charge < -0.3 is 19.9 Å². The van der Waals surface area contributed by atoms with Crippen molar-refractivity contribution in [2.45, 2.75) is 45.1 Å². The lowest BCUT2D eigenvalue weighted by Crippen LogP contribution is -2.55. The molecule has 1 aromatic carbocycles. The highest BCUT2D eigenvalue weighted by Crippen LogP contribution is 2.40.